The SMILES string of the molecule is Cc1oc(C(=O)N(CC(=O)O)Cc2ccc(F)cc2)cc1S(=O)(=O)N(C)C. The van der Waals surface area contributed by atoms with Gasteiger partial charge in [-0.25, -0.2) is 17.1 Å². The van der Waals surface area contributed by atoms with Crippen LogP contribution >= 0.6 is 0 Å². The first-order valence-corrected chi connectivity index (χ1v) is 9.25. The molecule has 1 heterocycles. The zero-order chi connectivity index (χ0) is 20.4. The van der Waals surface area contributed by atoms with Gasteiger partial charge in [-0.3, -0.25) is 9.59 Å². The van der Waals surface area contributed by atoms with Crippen molar-refractivity contribution in [3.05, 3.63) is 53.2 Å². The van der Waals surface area contributed by atoms with Crippen LogP contribution in [0.25, 0.3) is 0 Å². The van der Waals surface area contributed by atoms with Crippen LogP contribution in [0.3, 0.4) is 0 Å². The van der Waals surface area contributed by atoms with E-state index in [4.69, 9.17) is 9.52 Å². The van der Waals surface area contributed by atoms with E-state index in [1.807, 2.05) is 0 Å². The number of carboxylic acids is 1. The molecule has 0 aliphatic carbocycles. The molecule has 1 aromatic heterocycles. The van der Waals surface area contributed by atoms with Crippen LogP contribution in [0.2, 0.25) is 0 Å². The van der Waals surface area contributed by atoms with Crippen LogP contribution < -0.4 is 0 Å². The summed E-state index contributed by atoms with van der Waals surface area (Å²) >= 11 is 0. The summed E-state index contributed by atoms with van der Waals surface area (Å²) in [4.78, 5) is 24.6. The van der Waals surface area contributed by atoms with Crippen molar-refractivity contribution in [2.75, 3.05) is 20.6 Å². The molecular weight excluding hydrogens is 379 g/mol. The Bertz CT molecular complexity index is 950. The molecule has 0 unspecified atom stereocenters. The molecule has 2 rings (SSSR count). The van der Waals surface area contributed by atoms with Gasteiger partial charge in [0.25, 0.3) is 5.91 Å². The zero-order valence-electron chi connectivity index (χ0n) is 15.0. The summed E-state index contributed by atoms with van der Waals surface area (Å²) in [5, 5.41) is 9.08. The molecule has 1 amide bonds. The molecule has 0 bridgehead atoms. The molecule has 0 fully saturated rings. The van der Waals surface area contributed by atoms with E-state index in [-0.39, 0.29) is 23.0 Å². The molecule has 0 spiro atoms. The van der Waals surface area contributed by atoms with Gasteiger partial charge in [-0.05, 0) is 24.6 Å². The first-order chi connectivity index (χ1) is 12.5. The molecule has 146 valence electrons. The van der Waals surface area contributed by atoms with Crippen molar-refractivity contribution in [2.24, 2.45) is 0 Å². The standard InChI is InChI=1S/C17H19FN2O6S/c1-11-15(27(24,25)19(2)3)8-14(26-11)17(23)20(10-16(21)22)9-12-4-6-13(18)7-5-12/h4-8H,9-10H2,1-3H3,(H,21,22). The number of rotatable bonds is 7. The van der Waals surface area contributed by atoms with Crippen molar-refractivity contribution >= 4 is 21.9 Å². The third-order valence-corrected chi connectivity index (χ3v) is 5.66. The van der Waals surface area contributed by atoms with Crippen LogP contribution in [0.5, 0.6) is 0 Å². The van der Waals surface area contributed by atoms with Crippen LogP contribution in [-0.4, -0.2) is 55.2 Å². The van der Waals surface area contributed by atoms with Gasteiger partial charge in [-0.1, -0.05) is 12.1 Å². The van der Waals surface area contributed by atoms with Crippen molar-refractivity contribution in [2.45, 2.75) is 18.4 Å². The first-order valence-electron chi connectivity index (χ1n) is 7.81. The van der Waals surface area contributed by atoms with Crippen LogP contribution in [-0.2, 0) is 21.4 Å². The maximum Gasteiger partial charge on any atom is 0.323 e. The van der Waals surface area contributed by atoms with E-state index in [2.05, 4.69) is 0 Å². The van der Waals surface area contributed by atoms with Gasteiger partial charge in [0.05, 0.1) is 0 Å². The summed E-state index contributed by atoms with van der Waals surface area (Å²) in [5.74, 6) is -2.78. The fraction of sp³-hybridized carbons (Fsp3) is 0.294. The summed E-state index contributed by atoms with van der Waals surface area (Å²) in [6, 6.07) is 6.31. The lowest BCUT2D eigenvalue weighted by Gasteiger charge is -2.19. The van der Waals surface area contributed by atoms with E-state index < -0.39 is 34.3 Å². The fourth-order valence-corrected chi connectivity index (χ4v) is 3.41. The highest BCUT2D eigenvalue weighted by Gasteiger charge is 2.28. The third-order valence-electron chi connectivity index (χ3n) is 3.74. The Hall–Kier alpha value is -2.72. The van der Waals surface area contributed by atoms with Crippen LogP contribution in [0, 0.1) is 12.7 Å². The van der Waals surface area contributed by atoms with Crippen molar-refractivity contribution in [1.82, 2.24) is 9.21 Å². The molecule has 0 aliphatic rings. The number of benzene rings is 1. The van der Waals surface area contributed by atoms with E-state index >= 15 is 0 Å². The van der Waals surface area contributed by atoms with E-state index in [0.29, 0.717) is 5.56 Å². The smallest absolute Gasteiger partial charge is 0.323 e. The Morgan fingerprint density at radius 1 is 1.19 bits per heavy atom. The number of carboxylic acid groups (broad SMARTS) is 1. The molecule has 0 radical (unpaired) electrons. The van der Waals surface area contributed by atoms with Crippen molar-refractivity contribution in [3.63, 3.8) is 0 Å². The Morgan fingerprint density at radius 2 is 1.78 bits per heavy atom. The normalized spacial score (nSPS) is 11.6. The average Bonchev–Trinajstić information content (AvgIpc) is 2.97. The van der Waals surface area contributed by atoms with Crippen LogP contribution in [0.15, 0.2) is 39.6 Å². The second-order valence-corrected chi connectivity index (χ2v) is 8.12. The van der Waals surface area contributed by atoms with Gasteiger partial charge in [0.15, 0.2) is 5.76 Å². The first kappa shape index (κ1) is 20.6. The predicted octanol–water partition coefficient (Wildman–Crippen LogP) is 1.70. The van der Waals surface area contributed by atoms with E-state index in [0.717, 1.165) is 15.3 Å². The van der Waals surface area contributed by atoms with E-state index in [1.54, 1.807) is 0 Å². The van der Waals surface area contributed by atoms with Gasteiger partial charge in [-0.2, -0.15) is 0 Å². The van der Waals surface area contributed by atoms with Gasteiger partial charge in [0.2, 0.25) is 10.0 Å². The van der Waals surface area contributed by atoms with Gasteiger partial charge < -0.3 is 14.4 Å². The number of nitrogens with zero attached hydrogens (tertiary/aromatic N) is 2. The molecular formula is C17H19FN2O6S. The number of hydrogen-bond acceptors (Lipinski definition) is 5. The summed E-state index contributed by atoms with van der Waals surface area (Å²) < 4.78 is 43.8. The predicted molar refractivity (Wildman–Crippen MR) is 93.1 cm³/mol. The highest BCUT2D eigenvalue weighted by molar-refractivity contribution is 7.89. The van der Waals surface area contributed by atoms with Gasteiger partial charge in [-0.15, -0.1) is 0 Å². The van der Waals surface area contributed by atoms with Crippen molar-refractivity contribution < 1.29 is 31.9 Å². The van der Waals surface area contributed by atoms with Gasteiger partial charge in [0, 0.05) is 26.7 Å². The number of sulfonamides is 1. The van der Waals surface area contributed by atoms with Crippen molar-refractivity contribution in [1.29, 1.82) is 0 Å². The number of aliphatic carboxylic acids is 1. The van der Waals surface area contributed by atoms with Gasteiger partial charge >= 0.3 is 5.97 Å². The minimum Gasteiger partial charge on any atom is -0.480 e. The highest BCUT2D eigenvalue weighted by Crippen LogP contribution is 2.24. The maximum absolute atomic E-state index is 13.0. The highest BCUT2D eigenvalue weighted by atomic mass is 32.2. The summed E-state index contributed by atoms with van der Waals surface area (Å²) in [6.45, 7) is 0.654. The number of aryl methyl sites for hydroxylation is 1. The van der Waals surface area contributed by atoms with E-state index in [1.165, 1.54) is 45.3 Å². The van der Waals surface area contributed by atoms with Gasteiger partial charge in [0.1, 0.15) is 23.0 Å². The number of hydrogen-bond donors (Lipinski definition) is 1. The maximum atomic E-state index is 13.0. The van der Waals surface area contributed by atoms with Crippen molar-refractivity contribution in [3.8, 4) is 0 Å². The quantitative estimate of drug-likeness (QED) is 0.761. The number of halogens is 1. The number of furan rings is 1. The molecule has 1 aromatic carbocycles. The largest absolute Gasteiger partial charge is 0.480 e. The zero-order valence-corrected chi connectivity index (χ0v) is 15.8. The molecule has 10 heteroatoms. The lowest BCUT2D eigenvalue weighted by Crippen LogP contribution is -2.35. The lowest BCUT2D eigenvalue weighted by atomic mass is 10.2. The molecule has 0 aliphatic heterocycles. The van der Waals surface area contributed by atoms with E-state index in [9.17, 15) is 22.4 Å². The molecule has 2 aromatic rings. The fourth-order valence-electron chi connectivity index (χ4n) is 2.35. The molecule has 1 N–H and O–H groups in total. The second-order valence-electron chi connectivity index (χ2n) is 6.00. The number of carbonyl (C=O) groups is 2. The number of amides is 1. The third kappa shape index (κ3) is 4.72. The summed E-state index contributed by atoms with van der Waals surface area (Å²) in [7, 11) is -1.14. The van der Waals surface area contributed by atoms with Crippen LogP contribution in [0.4, 0.5) is 4.39 Å². The Balaban J connectivity index is 2.35. The Kier molecular flexibility index (Phi) is 6.01. The summed E-state index contributed by atoms with van der Waals surface area (Å²) in [5.41, 5.74) is 0.510. The summed E-state index contributed by atoms with van der Waals surface area (Å²) in [6.07, 6.45) is 0. The minimum atomic E-state index is -3.82. The Morgan fingerprint density at radius 3 is 2.30 bits per heavy atom. The Labute approximate surface area is 155 Å². The minimum absolute atomic E-state index is 0.0177. The molecule has 0 atom stereocenters. The lowest BCUT2D eigenvalue weighted by molar-refractivity contribution is -0.137. The second kappa shape index (κ2) is 7.89. The molecule has 8 nitrogen and oxygen atoms in total. The van der Waals surface area contributed by atoms with Crippen LogP contribution in [0.1, 0.15) is 21.9 Å². The average molecular weight is 398 g/mol. The topological polar surface area (TPSA) is 108 Å². The molecule has 27 heavy (non-hydrogen) atoms. The molecule has 0 saturated heterocycles. The number of carbonyl (C=O) groups excluding carboxylic acids is 1. The monoisotopic (exact) mass is 398 g/mol. The molecule has 0 saturated carbocycles.